The molecule has 1 saturated heterocycles. The number of aromatic nitrogens is 1. The van der Waals surface area contributed by atoms with Crippen molar-refractivity contribution in [2.24, 2.45) is 0 Å². The number of rotatable bonds is 7. The van der Waals surface area contributed by atoms with Crippen LogP contribution < -0.4 is 0 Å². The van der Waals surface area contributed by atoms with Gasteiger partial charge in [-0.1, -0.05) is 60.2 Å². The molecule has 0 spiro atoms. The highest BCUT2D eigenvalue weighted by molar-refractivity contribution is 5.92. The summed E-state index contributed by atoms with van der Waals surface area (Å²) in [6, 6.07) is 18.8. The summed E-state index contributed by atoms with van der Waals surface area (Å²) < 4.78 is 5.70. The SMILES string of the molecule is CC(=O)N1CCN(C(=O)c2coc(CN(Cc3ccccc3)Cc3cccc(C)c3)n2)CC1. The third-order valence-electron chi connectivity index (χ3n) is 5.88. The molecule has 2 amide bonds. The van der Waals surface area contributed by atoms with Crippen LogP contribution in [0.3, 0.4) is 0 Å². The molecule has 0 unspecified atom stereocenters. The van der Waals surface area contributed by atoms with Gasteiger partial charge in [0.15, 0.2) is 5.69 Å². The Hall–Kier alpha value is -3.45. The average molecular weight is 447 g/mol. The third-order valence-corrected chi connectivity index (χ3v) is 5.88. The number of aryl methyl sites for hydroxylation is 1. The van der Waals surface area contributed by atoms with Gasteiger partial charge < -0.3 is 14.2 Å². The summed E-state index contributed by atoms with van der Waals surface area (Å²) in [5.74, 6) is 0.406. The van der Waals surface area contributed by atoms with Gasteiger partial charge in [0.25, 0.3) is 5.91 Å². The van der Waals surface area contributed by atoms with E-state index in [9.17, 15) is 9.59 Å². The number of oxazole rings is 1. The molecule has 3 aromatic rings. The van der Waals surface area contributed by atoms with Crippen LogP contribution in [0.5, 0.6) is 0 Å². The topological polar surface area (TPSA) is 69.9 Å². The van der Waals surface area contributed by atoms with Crippen LogP contribution in [0, 0.1) is 6.92 Å². The predicted octanol–water partition coefficient (Wildman–Crippen LogP) is 3.49. The molecule has 1 aromatic heterocycles. The highest BCUT2D eigenvalue weighted by Gasteiger charge is 2.25. The van der Waals surface area contributed by atoms with Crippen LogP contribution in [0.1, 0.15) is 40.0 Å². The monoisotopic (exact) mass is 446 g/mol. The van der Waals surface area contributed by atoms with E-state index in [0.29, 0.717) is 44.3 Å². The number of benzene rings is 2. The second kappa shape index (κ2) is 10.4. The quantitative estimate of drug-likeness (QED) is 0.556. The number of carbonyl (C=O) groups is 2. The smallest absolute Gasteiger partial charge is 0.275 e. The van der Waals surface area contributed by atoms with Gasteiger partial charge in [-0.3, -0.25) is 14.5 Å². The normalized spacial score (nSPS) is 14.0. The molecule has 0 atom stereocenters. The van der Waals surface area contributed by atoms with E-state index >= 15 is 0 Å². The Morgan fingerprint density at radius 2 is 1.58 bits per heavy atom. The van der Waals surface area contributed by atoms with Crippen LogP contribution in [-0.4, -0.2) is 57.7 Å². The summed E-state index contributed by atoms with van der Waals surface area (Å²) in [5.41, 5.74) is 3.96. The molecule has 0 bridgehead atoms. The second-order valence-electron chi connectivity index (χ2n) is 8.54. The molecule has 7 nitrogen and oxygen atoms in total. The van der Waals surface area contributed by atoms with Crippen molar-refractivity contribution in [3.05, 3.63) is 89.1 Å². The first-order valence-electron chi connectivity index (χ1n) is 11.3. The molecule has 1 fully saturated rings. The number of amides is 2. The van der Waals surface area contributed by atoms with Crippen molar-refractivity contribution in [3.63, 3.8) is 0 Å². The molecule has 172 valence electrons. The lowest BCUT2D eigenvalue weighted by molar-refractivity contribution is -0.130. The Kier molecular flexibility index (Phi) is 7.19. The van der Waals surface area contributed by atoms with Crippen LogP contribution in [0.4, 0.5) is 0 Å². The highest BCUT2D eigenvalue weighted by Crippen LogP contribution is 2.16. The van der Waals surface area contributed by atoms with E-state index in [1.165, 1.54) is 23.0 Å². The maximum atomic E-state index is 12.9. The Balaban J connectivity index is 1.44. The Morgan fingerprint density at radius 3 is 2.27 bits per heavy atom. The number of hydrogen-bond acceptors (Lipinski definition) is 5. The third kappa shape index (κ3) is 6.08. The Bertz CT molecular complexity index is 1090. The zero-order chi connectivity index (χ0) is 23.2. The lowest BCUT2D eigenvalue weighted by atomic mass is 10.1. The van der Waals surface area contributed by atoms with E-state index in [0.717, 1.165) is 13.1 Å². The van der Waals surface area contributed by atoms with E-state index in [-0.39, 0.29) is 11.8 Å². The van der Waals surface area contributed by atoms with Crippen molar-refractivity contribution in [1.82, 2.24) is 19.7 Å². The minimum atomic E-state index is -0.151. The highest BCUT2D eigenvalue weighted by atomic mass is 16.3. The van der Waals surface area contributed by atoms with E-state index in [4.69, 9.17) is 4.42 Å². The minimum Gasteiger partial charge on any atom is -0.447 e. The van der Waals surface area contributed by atoms with Gasteiger partial charge in [-0.2, -0.15) is 0 Å². The maximum Gasteiger partial charge on any atom is 0.275 e. The molecule has 4 rings (SSSR count). The van der Waals surface area contributed by atoms with Gasteiger partial charge in [-0.15, -0.1) is 0 Å². The first-order chi connectivity index (χ1) is 16.0. The Labute approximate surface area is 194 Å². The zero-order valence-corrected chi connectivity index (χ0v) is 19.2. The second-order valence-corrected chi connectivity index (χ2v) is 8.54. The van der Waals surface area contributed by atoms with Crippen LogP contribution in [0.25, 0.3) is 0 Å². The largest absolute Gasteiger partial charge is 0.447 e. The minimum absolute atomic E-state index is 0.0398. The number of hydrogen-bond donors (Lipinski definition) is 0. The molecule has 0 N–H and O–H groups in total. The Morgan fingerprint density at radius 1 is 0.909 bits per heavy atom. The maximum absolute atomic E-state index is 12.9. The first kappa shape index (κ1) is 22.7. The molecule has 0 radical (unpaired) electrons. The molecular weight excluding hydrogens is 416 g/mol. The van der Waals surface area contributed by atoms with Gasteiger partial charge in [0.2, 0.25) is 11.8 Å². The van der Waals surface area contributed by atoms with Crippen molar-refractivity contribution in [3.8, 4) is 0 Å². The van der Waals surface area contributed by atoms with Crippen molar-refractivity contribution in [2.45, 2.75) is 33.5 Å². The lowest BCUT2D eigenvalue weighted by Gasteiger charge is -2.33. The van der Waals surface area contributed by atoms with Crippen molar-refractivity contribution in [2.75, 3.05) is 26.2 Å². The van der Waals surface area contributed by atoms with Gasteiger partial charge >= 0.3 is 0 Å². The van der Waals surface area contributed by atoms with Crippen LogP contribution in [0.2, 0.25) is 0 Å². The van der Waals surface area contributed by atoms with Gasteiger partial charge in [-0.05, 0) is 18.1 Å². The fraction of sp³-hybridized carbons (Fsp3) is 0.346. The van der Waals surface area contributed by atoms with Crippen molar-refractivity contribution in [1.29, 1.82) is 0 Å². The van der Waals surface area contributed by atoms with E-state index in [1.807, 2.05) is 18.2 Å². The predicted molar refractivity (Wildman–Crippen MR) is 125 cm³/mol. The first-order valence-corrected chi connectivity index (χ1v) is 11.3. The molecule has 7 heteroatoms. The number of carbonyl (C=O) groups excluding carboxylic acids is 2. The number of piperazine rings is 1. The van der Waals surface area contributed by atoms with Crippen LogP contribution >= 0.6 is 0 Å². The summed E-state index contributed by atoms with van der Waals surface area (Å²) in [7, 11) is 0. The van der Waals surface area contributed by atoms with Crippen molar-refractivity contribution >= 4 is 11.8 Å². The van der Waals surface area contributed by atoms with E-state index in [1.54, 1.807) is 16.7 Å². The fourth-order valence-corrected chi connectivity index (χ4v) is 4.14. The van der Waals surface area contributed by atoms with E-state index in [2.05, 4.69) is 53.2 Å². The molecule has 33 heavy (non-hydrogen) atoms. The van der Waals surface area contributed by atoms with Crippen molar-refractivity contribution < 1.29 is 14.0 Å². The number of nitrogens with zero attached hydrogens (tertiary/aromatic N) is 4. The lowest BCUT2D eigenvalue weighted by Crippen LogP contribution is -2.50. The summed E-state index contributed by atoms with van der Waals surface area (Å²) in [6.45, 7) is 7.74. The van der Waals surface area contributed by atoms with Crippen LogP contribution in [-0.2, 0) is 24.4 Å². The summed E-state index contributed by atoms with van der Waals surface area (Å²) >= 11 is 0. The van der Waals surface area contributed by atoms with E-state index < -0.39 is 0 Å². The molecule has 2 heterocycles. The van der Waals surface area contributed by atoms with Gasteiger partial charge in [-0.25, -0.2) is 4.98 Å². The van der Waals surface area contributed by atoms with Gasteiger partial charge in [0.05, 0.1) is 6.54 Å². The fourth-order valence-electron chi connectivity index (χ4n) is 4.14. The van der Waals surface area contributed by atoms with Crippen LogP contribution in [0.15, 0.2) is 65.3 Å². The van der Waals surface area contributed by atoms with Gasteiger partial charge in [0, 0.05) is 46.2 Å². The molecule has 1 aliphatic rings. The summed E-state index contributed by atoms with van der Waals surface area (Å²) in [6.07, 6.45) is 1.45. The molecule has 0 saturated carbocycles. The molecule has 0 aliphatic carbocycles. The molecular formula is C26H30N4O3. The average Bonchev–Trinajstić information content (AvgIpc) is 3.28. The standard InChI is InChI=1S/C26H30N4O3/c1-20-7-6-10-23(15-20)17-28(16-22-8-4-3-5-9-22)18-25-27-24(19-33-25)26(32)30-13-11-29(12-14-30)21(2)31/h3-10,15,19H,11-14,16-18H2,1-2H3. The molecule has 1 aliphatic heterocycles. The summed E-state index contributed by atoms with van der Waals surface area (Å²) in [4.78, 5) is 34.6. The molecule has 2 aromatic carbocycles. The van der Waals surface area contributed by atoms with Gasteiger partial charge in [0.1, 0.15) is 6.26 Å². The summed E-state index contributed by atoms with van der Waals surface area (Å²) in [5, 5.41) is 0. The zero-order valence-electron chi connectivity index (χ0n) is 19.2.